The van der Waals surface area contributed by atoms with Crippen molar-refractivity contribution >= 4 is 11.8 Å². The van der Waals surface area contributed by atoms with Gasteiger partial charge in [-0.1, -0.05) is 36.0 Å². The third-order valence-corrected chi connectivity index (χ3v) is 4.69. The molecule has 0 N–H and O–H groups in total. The van der Waals surface area contributed by atoms with Gasteiger partial charge in [-0.15, -0.1) is 16.8 Å². The van der Waals surface area contributed by atoms with Crippen LogP contribution in [0.5, 0.6) is 0 Å². The van der Waals surface area contributed by atoms with E-state index in [0.717, 1.165) is 24.7 Å². The van der Waals surface area contributed by atoms with Crippen molar-refractivity contribution in [1.82, 2.24) is 14.8 Å². The summed E-state index contributed by atoms with van der Waals surface area (Å²) in [4.78, 5) is 0. The van der Waals surface area contributed by atoms with Gasteiger partial charge in [-0.3, -0.25) is 0 Å². The summed E-state index contributed by atoms with van der Waals surface area (Å²) in [6.07, 6.45) is -0.401. The van der Waals surface area contributed by atoms with Crippen molar-refractivity contribution in [3.63, 3.8) is 0 Å². The molecular formula is C16H16F3N3S. The molecule has 0 radical (unpaired) electrons. The zero-order chi connectivity index (χ0) is 16.4. The second kappa shape index (κ2) is 6.39. The molecule has 1 aromatic carbocycles. The van der Waals surface area contributed by atoms with E-state index in [-0.39, 0.29) is 11.3 Å². The Morgan fingerprint density at radius 1 is 1.26 bits per heavy atom. The highest BCUT2D eigenvalue weighted by atomic mass is 32.2. The van der Waals surface area contributed by atoms with E-state index in [1.807, 2.05) is 4.57 Å². The maximum atomic E-state index is 13.0. The van der Waals surface area contributed by atoms with Crippen LogP contribution in [0.4, 0.5) is 13.2 Å². The van der Waals surface area contributed by atoms with E-state index in [1.54, 1.807) is 12.1 Å². The number of alkyl halides is 3. The number of aromatic nitrogens is 3. The Kier molecular flexibility index (Phi) is 4.48. The summed E-state index contributed by atoms with van der Waals surface area (Å²) in [6, 6.07) is 5.64. The lowest BCUT2D eigenvalue weighted by molar-refractivity contribution is -0.138. The molecule has 1 saturated carbocycles. The van der Waals surface area contributed by atoms with Gasteiger partial charge in [0, 0.05) is 18.2 Å². The van der Waals surface area contributed by atoms with Gasteiger partial charge in [0.1, 0.15) is 5.82 Å². The van der Waals surface area contributed by atoms with Crippen LogP contribution in [0.3, 0.4) is 0 Å². The fraction of sp³-hybridized carbons (Fsp3) is 0.375. The van der Waals surface area contributed by atoms with Gasteiger partial charge in [0.15, 0.2) is 5.16 Å². The number of hydrogen-bond acceptors (Lipinski definition) is 3. The predicted octanol–water partition coefficient (Wildman–Crippen LogP) is 4.65. The first kappa shape index (κ1) is 16.1. The van der Waals surface area contributed by atoms with Crippen LogP contribution in [0.15, 0.2) is 42.1 Å². The lowest BCUT2D eigenvalue weighted by Crippen LogP contribution is -2.08. The van der Waals surface area contributed by atoms with Crippen molar-refractivity contribution < 1.29 is 13.2 Å². The highest BCUT2D eigenvalue weighted by Gasteiger charge is 2.33. The van der Waals surface area contributed by atoms with Gasteiger partial charge in [-0.05, 0) is 24.5 Å². The molecule has 0 amide bonds. The van der Waals surface area contributed by atoms with Crippen LogP contribution in [0.1, 0.15) is 35.7 Å². The monoisotopic (exact) mass is 339 g/mol. The smallest absolute Gasteiger partial charge is 0.302 e. The van der Waals surface area contributed by atoms with E-state index in [4.69, 9.17) is 0 Å². The zero-order valence-electron chi connectivity index (χ0n) is 12.4. The summed E-state index contributed by atoms with van der Waals surface area (Å²) >= 11 is 1.28. The molecule has 3 nitrogen and oxygen atoms in total. The standard InChI is InChI=1S/C16H16F3N3S/c1-2-9-22-14(11-7-8-11)20-21-15(22)23-10-12-5-3-4-6-13(12)16(17,18)19/h2-6,11H,1,7-10H2. The number of halogens is 3. The molecule has 23 heavy (non-hydrogen) atoms. The van der Waals surface area contributed by atoms with Crippen LogP contribution in [-0.2, 0) is 18.5 Å². The third-order valence-electron chi connectivity index (χ3n) is 3.68. The second-order valence-corrected chi connectivity index (χ2v) is 6.40. The van der Waals surface area contributed by atoms with E-state index < -0.39 is 11.7 Å². The van der Waals surface area contributed by atoms with Crippen molar-refractivity contribution in [2.75, 3.05) is 0 Å². The summed E-state index contributed by atoms with van der Waals surface area (Å²) in [5.41, 5.74) is -0.337. The summed E-state index contributed by atoms with van der Waals surface area (Å²) in [7, 11) is 0. The Bertz CT molecular complexity index is 705. The highest BCUT2D eigenvalue weighted by molar-refractivity contribution is 7.98. The maximum Gasteiger partial charge on any atom is 0.416 e. The molecule has 0 bridgehead atoms. The maximum absolute atomic E-state index is 13.0. The van der Waals surface area contributed by atoms with Crippen LogP contribution in [-0.4, -0.2) is 14.8 Å². The van der Waals surface area contributed by atoms with Gasteiger partial charge >= 0.3 is 6.18 Å². The van der Waals surface area contributed by atoms with E-state index in [9.17, 15) is 13.2 Å². The molecule has 1 aliphatic rings. The van der Waals surface area contributed by atoms with Gasteiger partial charge in [0.2, 0.25) is 0 Å². The third kappa shape index (κ3) is 3.60. The molecule has 122 valence electrons. The first-order chi connectivity index (χ1) is 11.0. The zero-order valence-corrected chi connectivity index (χ0v) is 13.2. The fourth-order valence-electron chi connectivity index (χ4n) is 2.42. The van der Waals surface area contributed by atoms with Crippen LogP contribution >= 0.6 is 11.8 Å². The molecule has 0 unspecified atom stereocenters. The van der Waals surface area contributed by atoms with Crippen LogP contribution in [0.25, 0.3) is 0 Å². The van der Waals surface area contributed by atoms with E-state index in [0.29, 0.717) is 17.6 Å². The Morgan fingerprint density at radius 2 is 2.00 bits per heavy atom. The number of nitrogens with zero attached hydrogens (tertiary/aromatic N) is 3. The van der Waals surface area contributed by atoms with Gasteiger partial charge in [-0.2, -0.15) is 13.2 Å². The average Bonchev–Trinajstić information content (AvgIpc) is 3.28. The second-order valence-electron chi connectivity index (χ2n) is 5.46. The summed E-state index contributed by atoms with van der Waals surface area (Å²) < 4.78 is 41.1. The topological polar surface area (TPSA) is 30.7 Å². The molecule has 0 saturated heterocycles. The molecule has 0 spiro atoms. The molecule has 0 aliphatic heterocycles. The molecule has 1 aliphatic carbocycles. The molecule has 7 heteroatoms. The first-order valence-electron chi connectivity index (χ1n) is 7.32. The Morgan fingerprint density at radius 3 is 2.65 bits per heavy atom. The minimum atomic E-state index is -4.34. The lowest BCUT2D eigenvalue weighted by Gasteiger charge is -2.12. The van der Waals surface area contributed by atoms with Crippen molar-refractivity contribution in [3.8, 4) is 0 Å². The minimum absolute atomic E-state index is 0.204. The Hall–Kier alpha value is -1.76. The van der Waals surface area contributed by atoms with Crippen LogP contribution in [0, 0.1) is 0 Å². The lowest BCUT2D eigenvalue weighted by atomic mass is 10.1. The molecule has 1 fully saturated rings. The number of allylic oxidation sites excluding steroid dienone is 1. The van der Waals surface area contributed by atoms with Crippen molar-refractivity contribution in [2.45, 2.75) is 42.4 Å². The largest absolute Gasteiger partial charge is 0.416 e. The van der Waals surface area contributed by atoms with Gasteiger partial charge in [0.25, 0.3) is 0 Å². The van der Waals surface area contributed by atoms with Gasteiger partial charge in [-0.25, -0.2) is 0 Å². The van der Waals surface area contributed by atoms with Crippen molar-refractivity contribution in [3.05, 3.63) is 53.9 Å². The number of rotatable bonds is 6. The van der Waals surface area contributed by atoms with Crippen LogP contribution < -0.4 is 0 Å². The quantitative estimate of drug-likeness (QED) is 0.567. The Balaban J connectivity index is 1.80. The molecule has 3 rings (SSSR count). The molecular weight excluding hydrogens is 323 g/mol. The van der Waals surface area contributed by atoms with E-state index in [2.05, 4.69) is 16.8 Å². The fourth-order valence-corrected chi connectivity index (χ4v) is 3.37. The van der Waals surface area contributed by atoms with E-state index in [1.165, 1.54) is 23.9 Å². The normalized spacial score (nSPS) is 14.9. The summed E-state index contributed by atoms with van der Waals surface area (Å²) in [6.45, 7) is 4.30. The summed E-state index contributed by atoms with van der Waals surface area (Å²) in [5.74, 6) is 1.55. The first-order valence-corrected chi connectivity index (χ1v) is 8.31. The summed E-state index contributed by atoms with van der Waals surface area (Å²) in [5, 5.41) is 8.99. The van der Waals surface area contributed by atoms with Gasteiger partial charge < -0.3 is 4.57 Å². The SMILES string of the molecule is C=CCn1c(SCc2ccccc2C(F)(F)F)nnc1C1CC1. The minimum Gasteiger partial charge on any atom is -0.302 e. The molecule has 1 heterocycles. The van der Waals surface area contributed by atoms with Crippen molar-refractivity contribution in [2.24, 2.45) is 0 Å². The van der Waals surface area contributed by atoms with Gasteiger partial charge in [0.05, 0.1) is 5.56 Å². The average molecular weight is 339 g/mol. The highest BCUT2D eigenvalue weighted by Crippen LogP contribution is 2.40. The number of thioether (sulfide) groups is 1. The van der Waals surface area contributed by atoms with Crippen LogP contribution in [0.2, 0.25) is 0 Å². The molecule has 0 atom stereocenters. The predicted molar refractivity (Wildman–Crippen MR) is 83.2 cm³/mol. The number of hydrogen-bond donors (Lipinski definition) is 0. The molecule has 1 aromatic heterocycles. The molecule has 2 aromatic rings. The Labute approximate surface area is 136 Å². The van der Waals surface area contributed by atoms with Crippen molar-refractivity contribution in [1.29, 1.82) is 0 Å². The number of benzene rings is 1. The van der Waals surface area contributed by atoms with E-state index >= 15 is 0 Å².